The van der Waals surface area contributed by atoms with Gasteiger partial charge >= 0.3 is 8.26 Å². The highest BCUT2D eigenvalue weighted by Gasteiger charge is 1.99. The zero-order chi connectivity index (χ0) is 15.9. The maximum absolute atomic E-state index is 10.3. The van der Waals surface area contributed by atoms with E-state index in [1.165, 1.54) is 19.3 Å². The van der Waals surface area contributed by atoms with Crippen LogP contribution in [0.5, 0.6) is 0 Å². The molecule has 5 nitrogen and oxygen atoms in total. The normalized spacial score (nSPS) is 10.8. The summed E-state index contributed by atoms with van der Waals surface area (Å²) < 4.78 is 38.9. The second-order valence-corrected chi connectivity index (χ2v) is 9.21. The van der Waals surface area contributed by atoms with Crippen molar-refractivity contribution in [2.75, 3.05) is 5.75 Å². The molecular formula is C10H25Cl2NO4S2. The first-order valence-electron chi connectivity index (χ1n) is 6.12. The third-order valence-electron chi connectivity index (χ3n) is 1.74. The summed E-state index contributed by atoms with van der Waals surface area (Å²) >= 11 is 0. The van der Waals surface area contributed by atoms with Crippen molar-refractivity contribution in [1.82, 2.24) is 0 Å². The predicted molar refractivity (Wildman–Crippen MR) is 83.3 cm³/mol. The summed E-state index contributed by atoms with van der Waals surface area (Å²) in [5, 5.41) is 4.75. The van der Waals surface area contributed by atoms with Gasteiger partial charge in [0.1, 0.15) is 0 Å². The van der Waals surface area contributed by atoms with E-state index < -0.39 is 18.3 Å². The van der Waals surface area contributed by atoms with Crippen LogP contribution in [-0.2, 0) is 18.3 Å². The molecule has 0 aromatic rings. The molecule has 0 rings (SSSR count). The zero-order valence-electron chi connectivity index (χ0n) is 11.7. The van der Waals surface area contributed by atoms with Gasteiger partial charge in [-0.2, -0.15) is 8.42 Å². The second-order valence-electron chi connectivity index (χ2n) is 3.81. The fourth-order valence-electron chi connectivity index (χ4n) is 0.907. The molecule has 0 radical (unpaired) electrons. The molecular weight excluding hydrogens is 333 g/mol. The molecule has 0 unspecified atom stereocenters. The van der Waals surface area contributed by atoms with Crippen LogP contribution in [0.1, 0.15) is 59.3 Å². The first-order valence-corrected chi connectivity index (χ1v) is 11.0. The average molecular weight is 358 g/mol. The molecule has 19 heavy (non-hydrogen) atoms. The van der Waals surface area contributed by atoms with Crippen LogP contribution in [0.3, 0.4) is 0 Å². The van der Waals surface area contributed by atoms with Crippen molar-refractivity contribution < 1.29 is 16.8 Å². The molecule has 0 amide bonds. The molecule has 0 heterocycles. The van der Waals surface area contributed by atoms with Gasteiger partial charge in [0.2, 0.25) is 10.0 Å². The number of unbranched alkanes of at least 4 members (excludes halogenated alkanes) is 4. The van der Waals surface area contributed by atoms with E-state index in [1.54, 1.807) is 0 Å². The Labute approximate surface area is 126 Å². The molecule has 0 atom stereocenters. The Morgan fingerprint density at radius 2 is 1.11 bits per heavy atom. The fraction of sp³-hybridized carbons (Fsp3) is 1.00. The number of hydrogen-bond acceptors (Lipinski definition) is 4. The predicted octanol–water partition coefficient (Wildman–Crippen LogP) is 3.37. The van der Waals surface area contributed by atoms with Gasteiger partial charge in [-0.15, -0.1) is 0 Å². The monoisotopic (exact) mass is 357 g/mol. The molecule has 0 aliphatic carbocycles. The molecule has 0 spiro atoms. The van der Waals surface area contributed by atoms with Crippen molar-refractivity contribution in [2.45, 2.75) is 59.3 Å². The number of primary sulfonamides is 1. The first kappa shape index (κ1) is 24.5. The summed E-state index contributed by atoms with van der Waals surface area (Å²) in [5.74, 6) is 0.126. The molecule has 0 aliphatic rings. The van der Waals surface area contributed by atoms with Gasteiger partial charge in [-0.3, -0.25) is 0 Å². The number of halogens is 2. The smallest absolute Gasteiger partial charge is 0.229 e. The van der Waals surface area contributed by atoms with Crippen LogP contribution in [0.2, 0.25) is 0 Å². The summed E-state index contributed by atoms with van der Waals surface area (Å²) in [6.45, 7) is 6.44. The summed E-state index contributed by atoms with van der Waals surface area (Å²) in [4.78, 5) is 0. The Bertz CT molecular complexity index is 359. The second kappa shape index (κ2) is 14.8. The van der Waals surface area contributed by atoms with Gasteiger partial charge in [-0.1, -0.05) is 52.9 Å². The minimum atomic E-state index is -3.72. The molecule has 0 fully saturated rings. The topological polar surface area (TPSA) is 94.3 Å². The first-order chi connectivity index (χ1) is 8.47. The Morgan fingerprint density at radius 1 is 0.789 bits per heavy atom. The van der Waals surface area contributed by atoms with Gasteiger partial charge < -0.3 is 0 Å². The maximum atomic E-state index is 10.3. The highest BCUT2D eigenvalue weighted by atomic mass is 36.0. The highest BCUT2D eigenvalue weighted by molar-refractivity contribution is 8.31. The summed E-state index contributed by atoms with van der Waals surface area (Å²) in [6.07, 6.45) is 6.73. The quantitative estimate of drug-likeness (QED) is 0.582. The van der Waals surface area contributed by atoms with Crippen molar-refractivity contribution in [3.05, 3.63) is 0 Å². The van der Waals surface area contributed by atoms with Crippen LogP contribution in [0, 0.1) is 0 Å². The molecule has 0 saturated heterocycles. The molecule has 0 aliphatic heterocycles. The lowest BCUT2D eigenvalue weighted by Crippen LogP contribution is -2.16. The Morgan fingerprint density at radius 3 is 1.26 bits per heavy atom. The van der Waals surface area contributed by atoms with Gasteiger partial charge in [0.05, 0.1) is 5.75 Å². The molecule has 0 aromatic carbocycles. The van der Waals surface area contributed by atoms with Crippen LogP contribution >= 0.6 is 21.4 Å². The maximum Gasteiger partial charge on any atom is 0.317 e. The van der Waals surface area contributed by atoms with E-state index in [0.717, 1.165) is 12.8 Å². The zero-order valence-corrected chi connectivity index (χ0v) is 14.9. The van der Waals surface area contributed by atoms with Gasteiger partial charge in [-0.25, -0.2) is 13.6 Å². The van der Waals surface area contributed by atoms with Gasteiger partial charge in [0, 0.05) is 21.4 Å². The van der Waals surface area contributed by atoms with Gasteiger partial charge in [-0.05, 0) is 6.42 Å². The third kappa shape index (κ3) is 70.0. The lowest BCUT2D eigenvalue weighted by molar-refractivity contribution is 0.592. The molecule has 120 valence electrons. The van der Waals surface area contributed by atoms with E-state index in [-0.39, 0.29) is 5.75 Å². The minimum Gasteiger partial charge on any atom is -0.229 e. The van der Waals surface area contributed by atoms with E-state index in [0.29, 0.717) is 6.42 Å². The summed E-state index contributed by atoms with van der Waals surface area (Å²) in [7, 11) is 1.62. The van der Waals surface area contributed by atoms with Gasteiger partial charge in [0.25, 0.3) is 0 Å². The molecule has 0 aromatic heterocycles. The average Bonchev–Trinajstić information content (AvgIpc) is 2.15. The highest BCUT2D eigenvalue weighted by Crippen LogP contribution is 1.98. The van der Waals surface area contributed by atoms with Crippen LogP contribution < -0.4 is 5.14 Å². The van der Waals surface area contributed by atoms with E-state index in [2.05, 4.69) is 35.2 Å². The number of hydrogen-bond donors (Lipinski definition) is 1. The molecule has 0 saturated carbocycles. The van der Waals surface area contributed by atoms with E-state index in [9.17, 15) is 8.42 Å². The van der Waals surface area contributed by atoms with Crippen LogP contribution in [0.25, 0.3) is 0 Å². The molecule has 2 N–H and O–H groups in total. The summed E-state index contributed by atoms with van der Waals surface area (Å²) in [6, 6.07) is 0. The fourth-order valence-corrected chi connectivity index (χ4v) is 1.51. The standard InChI is InChI=1S/C5H13NO2S.C5H12.Cl2O2S/c1-2-3-4-5-9(6,7)8;1-3-5-4-2;1-5(2,3)4/h2-5H2,1H3,(H2,6,7,8);3-5H2,1-2H3;. The van der Waals surface area contributed by atoms with E-state index >= 15 is 0 Å². The lowest BCUT2D eigenvalue weighted by Gasteiger charge is -1.94. The number of nitrogens with two attached hydrogens (primary N) is 1. The van der Waals surface area contributed by atoms with Crippen LogP contribution in [0.15, 0.2) is 0 Å². The van der Waals surface area contributed by atoms with Crippen molar-refractivity contribution >= 4 is 39.7 Å². The van der Waals surface area contributed by atoms with Crippen molar-refractivity contribution in [1.29, 1.82) is 0 Å². The summed E-state index contributed by atoms with van der Waals surface area (Å²) in [5.41, 5.74) is 0. The van der Waals surface area contributed by atoms with Crippen LogP contribution in [-0.4, -0.2) is 22.6 Å². The molecule has 9 heteroatoms. The lowest BCUT2D eigenvalue weighted by atomic mass is 10.3. The van der Waals surface area contributed by atoms with Crippen LogP contribution in [0.4, 0.5) is 0 Å². The van der Waals surface area contributed by atoms with Crippen molar-refractivity contribution in [3.8, 4) is 0 Å². The Hall–Kier alpha value is 0.440. The molecule has 0 bridgehead atoms. The Kier molecular flexibility index (Phi) is 19.1. The van der Waals surface area contributed by atoms with E-state index in [4.69, 9.17) is 13.6 Å². The number of rotatable bonds is 6. The largest absolute Gasteiger partial charge is 0.317 e. The Balaban J connectivity index is -0.000000219. The van der Waals surface area contributed by atoms with Crippen molar-refractivity contribution in [3.63, 3.8) is 0 Å². The number of sulfonamides is 1. The van der Waals surface area contributed by atoms with Gasteiger partial charge in [0.15, 0.2) is 0 Å². The third-order valence-corrected chi connectivity index (χ3v) is 2.60. The minimum absolute atomic E-state index is 0.126. The van der Waals surface area contributed by atoms with Crippen molar-refractivity contribution in [2.24, 2.45) is 5.14 Å². The van der Waals surface area contributed by atoms with E-state index in [1.807, 2.05) is 6.92 Å². The SMILES string of the molecule is CCCCC.CCCCCS(N)(=O)=O.O=S(=O)(Cl)Cl.